The summed E-state index contributed by atoms with van der Waals surface area (Å²) in [5.74, 6) is 0.463. The van der Waals surface area contributed by atoms with Crippen LogP contribution >= 0.6 is 0 Å². The molecule has 1 unspecified atom stereocenters. The largest absolute Gasteiger partial charge is 0.465 e. The molecule has 0 spiro atoms. The molecule has 0 amide bonds. The number of esters is 1. The van der Waals surface area contributed by atoms with Crippen LogP contribution in [0.25, 0.3) is 0 Å². The molecule has 0 N–H and O–H groups in total. The third kappa shape index (κ3) is 3.28. The predicted octanol–water partition coefficient (Wildman–Crippen LogP) is 3.47. The summed E-state index contributed by atoms with van der Waals surface area (Å²) >= 11 is 0. The third-order valence-electron chi connectivity index (χ3n) is 3.88. The van der Waals surface area contributed by atoms with Crippen molar-refractivity contribution in [2.75, 3.05) is 18.2 Å². The lowest BCUT2D eigenvalue weighted by Gasteiger charge is -2.29. The molecule has 0 radical (unpaired) electrons. The van der Waals surface area contributed by atoms with Crippen LogP contribution in [-0.4, -0.2) is 29.9 Å². The van der Waals surface area contributed by atoms with Crippen LogP contribution in [0.15, 0.2) is 64.8 Å². The summed E-state index contributed by atoms with van der Waals surface area (Å²) in [5.41, 5.74) is 2.01. The van der Waals surface area contributed by atoms with Crippen LogP contribution in [0.3, 0.4) is 0 Å². The van der Waals surface area contributed by atoms with Gasteiger partial charge in [-0.1, -0.05) is 23.8 Å². The number of benzene rings is 1. The molecule has 1 aromatic carbocycles. The lowest BCUT2D eigenvalue weighted by Crippen LogP contribution is -2.38. The van der Waals surface area contributed by atoms with E-state index >= 15 is 0 Å². The van der Waals surface area contributed by atoms with Gasteiger partial charge in [-0.3, -0.25) is 0 Å². The van der Waals surface area contributed by atoms with Gasteiger partial charge < -0.3 is 14.1 Å². The molecule has 6 heteroatoms. The van der Waals surface area contributed by atoms with Gasteiger partial charge >= 0.3 is 5.97 Å². The summed E-state index contributed by atoms with van der Waals surface area (Å²) in [6.45, 7) is 8.31. The molecule has 0 bridgehead atoms. The first-order valence-electron chi connectivity index (χ1n) is 8.18. The lowest BCUT2D eigenvalue weighted by molar-refractivity contribution is -0.135. The number of hydrazone groups is 1. The van der Waals surface area contributed by atoms with Crippen molar-refractivity contribution in [2.45, 2.75) is 20.0 Å². The maximum Gasteiger partial charge on any atom is 0.376 e. The standard InChI is InChI=1S/C19H21N3O3/c1-4-12-21-17(19(23)24-5-2)20-22(15-10-8-14(3)9-11-15)18(21)16-7-6-13-25-16/h4,6-11,13,18H,1,5,12H2,2-3H3. The number of amidine groups is 1. The fourth-order valence-electron chi connectivity index (χ4n) is 2.75. The van der Waals surface area contributed by atoms with E-state index in [9.17, 15) is 4.79 Å². The number of ether oxygens (including phenoxy) is 1. The van der Waals surface area contributed by atoms with Gasteiger partial charge in [0.15, 0.2) is 6.17 Å². The SMILES string of the molecule is C=CCN1C(C(=O)OCC)=NN(c2ccc(C)cc2)C1c1ccco1. The molecule has 0 fully saturated rings. The number of rotatable bonds is 6. The third-order valence-corrected chi connectivity index (χ3v) is 3.88. The number of hydrogen-bond acceptors (Lipinski definition) is 6. The average Bonchev–Trinajstić information content (AvgIpc) is 3.24. The first-order chi connectivity index (χ1) is 12.2. The van der Waals surface area contributed by atoms with Gasteiger partial charge in [0.25, 0.3) is 0 Å². The monoisotopic (exact) mass is 339 g/mol. The molecule has 130 valence electrons. The maximum atomic E-state index is 12.4. The second-order valence-corrected chi connectivity index (χ2v) is 5.65. The Morgan fingerprint density at radius 2 is 2.12 bits per heavy atom. The molecule has 1 aliphatic rings. The van der Waals surface area contributed by atoms with Crippen molar-refractivity contribution in [3.63, 3.8) is 0 Å². The van der Waals surface area contributed by atoms with E-state index < -0.39 is 5.97 Å². The van der Waals surface area contributed by atoms with E-state index in [0.29, 0.717) is 12.3 Å². The van der Waals surface area contributed by atoms with E-state index in [0.717, 1.165) is 11.3 Å². The van der Waals surface area contributed by atoms with Crippen LogP contribution in [-0.2, 0) is 9.53 Å². The second-order valence-electron chi connectivity index (χ2n) is 5.65. The summed E-state index contributed by atoms with van der Waals surface area (Å²) in [6.07, 6.45) is 2.95. The Kier molecular flexibility index (Phi) is 4.88. The Bertz CT molecular complexity index is 766. The van der Waals surface area contributed by atoms with Crippen molar-refractivity contribution in [3.05, 3.63) is 66.6 Å². The number of anilines is 1. The Balaban J connectivity index is 2.06. The number of carbonyl (C=O) groups excluding carboxylic acids is 1. The fraction of sp³-hybridized carbons (Fsp3) is 0.263. The van der Waals surface area contributed by atoms with Crippen LogP contribution in [0.2, 0.25) is 0 Å². The Labute approximate surface area is 147 Å². The molecule has 6 nitrogen and oxygen atoms in total. The smallest absolute Gasteiger partial charge is 0.376 e. The van der Waals surface area contributed by atoms with E-state index in [1.807, 2.05) is 48.2 Å². The van der Waals surface area contributed by atoms with Crippen molar-refractivity contribution in [3.8, 4) is 0 Å². The van der Waals surface area contributed by atoms with E-state index in [1.165, 1.54) is 0 Å². The minimum Gasteiger partial charge on any atom is -0.465 e. The zero-order valence-electron chi connectivity index (χ0n) is 14.4. The highest BCUT2D eigenvalue weighted by molar-refractivity contribution is 6.36. The van der Waals surface area contributed by atoms with Crippen molar-refractivity contribution >= 4 is 17.5 Å². The highest BCUT2D eigenvalue weighted by atomic mass is 16.5. The Morgan fingerprint density at radius 3 is 2.72 bits per heavy atom. The number of hydrogen-bond donors (Lipinski definition) is 0. The van der Waals surface area contributed by atoms with Gasteiger partial charge in [0.05, 0.1) is 18.6 Å². The zero-order valence-corrected chi connectivity index (χ0v) is 14.4. The van der Waals surface area contributed by atoms with Gasteiger partial charge in [0, 0.05) is 6.54 Å². The van der Waals surface area contributed by atoms with Crippen molar-refractivity contribution in [1.82, 2.24) is 4.90 Å². The normalized spacial score (nSPS) is 16.7. The van der Waals surface area contributed by atoms with Gasteiger partial charge in [-0.25, -0.2) is 9.80 Å². The number of furan rings is 1. The average molecular weight is 339 g/mol. The van der Waals surface area contributed by atoms with E-state index in [2.05, 4.69) is 11.7 Å². The Hall–Kier alpha value is -3.02. The lowest BCUT2D eigenvalue weighted by atomic mass is 10.2. The van der Waals surface area contributed by atoms with Crippen molar-refractivity contribution < 1.29 is 13.9 Å². The van der Waals surface area contributed by atoms with Gasteiger partial charge in [-0.05, 0) is 38.1 Å². The molecule has 0 saturated carbocycles. The van der Waals surface area contributed by atoms with E-state index in [4.69, 9.17) is 9.15 Å². The summed E-state index contributed by atoms with van der Waals surface area (Å²) in [5, 5.41) is 6.31. The van der Waals surface area contributed by atoms with Crippen LogP contribution in [0.4, 0.5) is 5.69 Å². The zero-order chi connectivity index (χ0) is 17.8. The van der Waals surface area contributed by atoms with E-state index in [-0.39, 0.29) is 18.6 Å². The first-order valence-corrected chi connectivity index (χ1v) is 8.18. The van der Waals surface area contributed by atoms with Gasteiger partial charge in [0.2, 0.25) is 5.84 Å². The van der Waals surface area contributed by atoms with Gasteiger partial charge in [-0.15, -0.1) is 11.7 Å². The second kappa shape index (κ2) is 7.25. The number of aryl methyl sites for hydroxylation is 1. The van der Waals surface area contributed by atoms with Gasteiger partial charge in [-0.2, -0.15) is 0 Å². The first kappa shape index (κ1) is 16.8. The molecular formula is C19H21N3O3. The molecule has 25 heavy (non-hydrogen) atoms. The highest BCUT2D eigenvalue weighted by Gasteiger charge is 2.40. The molecule has 0 aliphatic carbocycles. The quantitative estimate of drug-likeness (QED) is 0.596. The van der Waals surface area contributed by atoms with Crippen LogP contribution in [0.5, 0.6) is 0 Å². The molecule has 1 aromatic heterocycles. The predicted molar refractivity (Wildman–Crippen MR) is 96.1 cm³/mol. The minimum atomic E-state index is -0.462. The maximum absolute atomic E-state index is 12.4. The van der Waals surface area contributed by atoms with Crippen LogP contribution < -0.4 is 5.01 Å². The highest BCUT2D eigenvalue weighted by Crippen LogP contribution is 2.36. The summed E-state index contributed by atoms with van der Waals surface area (Å²) in [4.78, 5) is 14.2. The molecule has 2 heterocycles. The van der Waals surface area contributed by atoms with Gasteiger partial charge in [0.1, 0.15) is 5.76 Å². The molecule has 3 rings (SSSR count). The molecule has 1 atom stereocenters. The molecular weight excluding hydrogens is 318 g/mol. The molecule has 0 saturated heterocycles. The van der Waals surface area contributed by atoms with E-state index in [1.54, 1.807) is 24.3 Å². The van der Waals surface area contributed by atoms with Crippen LogP contribution in [0, 0.1) is 6.92 Å². The van der Waals surface area contributed by atoms with Crippen LogP contribution in [0.1, 0.15) is 24.4 Å². The Morgan fingerprint density at radius 1 is 1.36 bits per heavy atom. The minimum absolute atomic E-state index is 0.240. The van der Waals surface area contributed by atoms with Crippen molar-refractivity contribution in [2.24, 2.45) is 5.10 Å². The number of carbonyl (C=O) groups is 1. The fourth-order valence-corrected chi connectivity index (χ4v) is 2.75. The van der Waals surface area contributed by atoms with Crippen molar-refractivity contribution in [1.29, 1.82) is 0 Å². The summed E-state index contributed by atoms with van der Waals surface area (Å²) in [6, 6.07) is 11.6. The molecule has 1 aliphatic heterocycles. The summed E-state index contributed by atoms with van der Waals surface area (Å²) < 4.78 is 10.8. The summed E-state index contributed by atoms with van der Waals surface area (Å²) in [7, 11) is 0. The molecule has 2 aromatic rings. The number of nitrogens with zero attached hydrogens (tertiary/aromatic N) is 3. The topological polar surface area (TPSA) is 58.3 Å².